The summed E-state index contributed by atoms with van der Waals surface area (Å²) in [5, 5.41) is 2.45. The van der Waals surface area contributed by atoms with E-state index in [0.717, 1.165) is 12.1 Å². The third kappa shape index (κ3) is 2.59. The Kier molecular flexibility index (Phi) is 3.28. The van der Waals surface area contributed by atoms with E-state index in [9.17, 15) is 13.6 Å². The molecule has 0 aliphatic rings. The van der Waals surface area contributed by atoms with Gasteiger partial charge >= 0.3 is 0 Å². The Bertz CT molecular complexity index is 625. The van der Waals surface area contributed by atoms with Crippen LogP contribution in [0.25, 0.3) is 0 Å². The summed E-state index contributed by atoms with van der Waals surface area (Å²) >= 11 is 0. The fourth-order valence-electron chi connectivity index (χ4n) is 1.53. The Morgan fingerprint density at radius 1 is 1.26 bits per heavy atom. The number of rotatable bonds is 3. The van der Waals surface area contributed by atoms with Crippen molar-refractivity contribution in [2.24, 2.45) is 5.73 Å². The van der Waals surface area contributed by atoms with E-state index in [0.29, 0.717) is 0 Å². The van der Waals surface area contributed by atoms with Crippen LogP contribution >= 0.6 is 0 Å². The second-order valence-electron chi connectivity index (χ2n) is 3.74. The number of anilines is 3. The van der Waals surface area contributed by atoms with Crippen molar-refractivity contribution in [1.82, 2.24) is 4.98 Å². The van der Waals surface area contributed by atoms with Crippen LogP contribution in [-0.4, -0.2) is 10.9 Å². The molecule has 0 aliphatic heterocycles. The summed E-state index contributed by atoms with van der Waals surface area (Å²) in [6.07, 6.45) is 1.18. The molecule has 0 saturated heterocycles. The van der Waals surface area contributed by atoms with Gasteiger partial charge in [0.1, 0.15) is 23.1 Å². The van der Waals surface area contributed by atoms with Gasteiger partial charge in [-0.1, -0.05) is 6.07 Å². The van der Waals surface area contributed by atoms with Crippen LogP contribution in [0.4, 0.5) is 26.0 Å². The Morgan fingerprint density at radius 2 is 1.89 bits per heavy atom. The Morgan fingerprint density at radius 3 is 2.47 bits per heavy atom. The SMILES string of the molecule is NC(=O)c1cc(N)ncc1Nc1c(F)cccc1F. The molecule has 1 heterocycles. The molecule has 1 aromatic carbocycles. The predicted octanol–water partition coefficient (Wildman–Crippen LogP) is 1.78. The van der Waals surface area contributed by atoms with Crippen LogP contribution in [0.3, 0.4) is 0 Å². The fraction of sp³-hybridized carbons (Fsp3) is 0. The smallest absolute Gasteiger partial charge is 0.251 e. The third-order valence-electron chi connectivity index (χ3n) is 2.41. The molecule has 0 fully saturated rings. The van der Waals surface area contributed by atoms with Crippen molar-refractivity contribution in [2.45, 2.75) is 0 Å². The van der Waals surface area contributed by atoms with Gasteiger partial charge < -0.3 is 16.8 Å². The van der Waals surface area contributed by atoms with E-state index in [1.807, 2.05) is 0 Å². The minimum Gasteiger partial charge on any atom is -0.384 e. The number of pyridine rings is 1. The first kappa shape index (κ1) is 12.7. The maximum atomic E-state index is 13.5. The predicted molar refractivity (Wildman–Crippen MR) is 66.8 cm³/mol. The number of carbonyl (C=O) groups is 1. The molecule has 0 atom stereocenters. The number of nitrogens with one attached hydrogen (secondary N) is 1. The first-order valence-corrected chi connectivity index (χ1v) is 5.25. The highest BCUT2D eigenvalue weighted by Crippen LogP contribution is 2.25. The molecule has 19 heavy (non-hydrogen) atoms. The lowest BCUT2D eigenvalue weighted by Crippen LogP contribution is -2.15. The average Bonchev–Trinajstić information content (AvgIpc) is 2.35. The van der Waals surface area contributed by atoms with Gasteiger partial charge in [0.25, 0.3) is 5.91 Å². The van der Waals surface area contributed by atoms with E-state index in [1.54, 1.807) is 0 Å². The standard InChI is InChI=1S/C12H10F2N4O/c13-7-2-1-3-8(14)11(7)18-9-5-17-10(15)4-6(9)12(16)19/h1-5,18H,(H2,15,17)(H2,16,19). The third-order valence-corrected chi connectivity index (χ3v) is 2.41. The highest BCUT2D eigenvalue weighted by molar-refractivity contribution is 5.99. The van der Waals surface area contributed by atoms with E-state index in [2.05, 4.69) is 10.3 Å². The quantitative estimate of drug-likeness (QED) is 0.787. The van der Waals surface area contributed by atoms with Gasteiger partial charge in [-0.25, -0.2) is 13.8 Å². The van der Waals surface area contributed by atoms with Crippen LogP contribution in [0.15, 0.2) is 30.5 Å². The van der Waals surface area contributed by atoms with Gasteiger partial charge in [0, 0.05) is 0 Å². The molecule has 7 heteroatoms. The monoisotopic (exact) mass is 264 g/mol. The molecule has 0 aliphatic carbocycles. The molecule has 0 saturated carbocycles. The van der Waals surface area contributed by atoms with Gasteiger partial charge in [-0.05, 0) is 18.2 Å². The zero-order valence-electron chi connectivity index (χ0n) is 9.65. The zero-order valence-corrected chi connectivity index (χ0v) is 9.65. The molecule has 0 unspecified atom stereocenters. The summed E-state index contributed by atoms with van der Waals surface area (Å²) in [7, 11) is 0. The number of halogens is 2. The second kappa shape index (κ2) is 4.89. The maximum absolute atomic E-state index is 13.5. The first-order chi connectivity index (χ1) is 8.99. The van der Waals surface area contributed by atoms with Gasteiger partial charge in [0.2, 0.25) is 0 Å². The molecule has 0 radical (unpaired) electrons. The highest BCUT2D eigenvalue weighted by Gasteiger charge is 2.14. The first-order valence-electron chi connectivity index (χ1n) is 5.25. The second-order valence-corrected chi connectivity index (χ2v) is 3.74. The molecule has 0 bridgehead atoms. The number of hydrogen-bond acceptors (Lipinski definition) is 4. The summed E-state index contributed by atoms with van der Waals surface area (Å²) in [5.74, 6) is -2.30. The zero-order chi connectivity index (χ0) is 14.0. The molecule has 0 spiro atoms. The van der Waals surface area contributed by atoms with E-state index < -0.39 is 23.2 Å². The average molecular weight is 264 g/mol. The Labute approximate surface area is 107 Å². The number of nitrogen functional groups attached to an aromatic ring is 1. The van der Waals surface area contributed by atoms with Crippen molar-refractivity contribution in [1.29, 1.82) is 0 Å². The Balaban J connectivity index is 2.47. The van der Waals surface area contributed by atoms with Crippen LogP contribution in [0.1, 0.15) is 10.4 Å². The molecule has 98 valence electrons. The Hall–Kier alpha value is -2.70. The van der Waals surface area contributed by atoms with Crippen LogP contribution in [-0.2, 0) is 0 Å². The molecular weight excluding hydrogens is 254 g/mol. The molecule has 1 aromatic heterocycles. The van der Waals surface area contributed by atoms with Gasteiger partial charge in [0.05, 0.1) is 17.4 Å². The number of amides is 1. The van der Waals surface area contributed by atoms with Crippen LogP contribution in [0.5, 0.6) is 0 Å². The lowest BCUT2D eigenvalue weighted by Gasteiger charge is -2.11. The van der Waals surface area contributed by atoms with Crippen molar-refractivity contribution < 1.29 is 13.6 Å². The number of para-hydroxylation sites is 1. The van der Waals surface area contributed by atoms with Crippen LogP contribution < -0.4 is 16.8 Å². The molecule has 1 amide bonds. The van der Waals surface area contributed by atoms with Gasteiger partial charge in [-0.2, -0.15) is 0 Å². The van der Waals surface area contributed by atoms with Crippen molar-refractivity contribution in [3.8, 4) is 0 Å². The normalized spacial score (nSPS) is 10.2. The number of hydrogen-bond donors (Lipinski definition) is 3. The van der Waals surface area contributed by atoms with Crippen LogP contribution in [0.2, 0.25) is 0 Å². The van der Waals surface area contributed by atoms with Crippen molar-refractivity contribution in [3.63, 3.8) is 0 Å². The molecule has 2 aromatic rings. The minimum atomic E-state index is -0.799. The van der Waals surface area contributed by atoms with Gasteiger partial charge in [0.15, 0.2) is 0 Å². The topological polar surface area (TPSA) is 94.0 Å². The van der Waals surface area contributed by atoms with E-state index in [4.69, 9.17) is 11.5 Å². The minimum absolute atomic E-state index is 0.00449. The lowest BCUT2D eigenvalue weighted by molar-refractivity contribution is 0.100. The number of benzene rings is 1. The number of nitrogens with two attached hydrogens (primary N) is 2. The molecular formula is C12H10F2N4O. The lowest BCUT2D eigenvalue weighted by atomic mass is 10.2. The highest BCUT2D eigenvalue weighted by atomic mass is 19.1. The van der Waals surface area contributed by atoms with Crippen LogP contribution in [0, 0.1) is 11.6 Å². The molecule has 5 N–H and O–H groups in total. The van der Waals surface area contributed by atoms with Gasteiger partial charge in [-0.3, -0.25) is 4.79 Å². The summed E-state index contributed by atoms with van der Waals surface area (Å²) in [4.78, 5) is 15.0. The molecule has 2 rings (SSSR count). The largest absolute Gasteiger partial charge is 0.384 e. The van der Waals surface area contributed by atoms with E-state index in [-0.39, 0.29) is 17.1 Å². The molecule has 5 nitrogen and oxygen atoms in total. The summed E-state index contributed by atoms with van der Waals surface area (Å²) < 4.78 is 27.0. The summed E-state index contributed by atoms with van der Waals surface area (Å²) in [6.45, 7) is 0. The number of nitrogens with zero attached hydrogens (tertiary/aromatic N) is 1. The fourth-order valence-corrected chi connectivity index (χ4v) is 1.53. The van der Waals surface area contributed by atoms with Crippen molar-refractivity contribution in [2.75, 3.05) is 11.1 Å². The number of primary amides is 1. The number of carbonyl (C=O) groups excluding carboxylic acids is 1. The van der Waals surface area contributed by atoms with Crippen molar-refractivity contribution in [3.05, 3.63) is 47.7 Å². The van der Waals surface area contributed by atoms with Gasteiger partial charge in [-0.15, -0.1) is 0 Å². The number of aromatic nitrogens is 1. The summed E-state index contributed by atoms with van der Waals surface area (Å²) in [5.41, 5.74) is 10.3. The van der Waals surface area contributed by atoms with E-state index in [1.165, 1.54) is 18.3 Å². The van der Waals surface area contributed by atoms with Crippen molar-refractivity contribution >= 4 is 23.1 Å². The summed E-state index contributed by atoms with van der Waals surface area (Å²) in [6, 6.07) is 4.62. The van der Waals surface area contributed by atoms with E-state index >= 15 is 0 Å². The maximum Gasteiger partial charge on any atom is 0.251 e.